The quantitative estimate of drug-likeness (QED) is 0.0212. The first-order valence-corrected chi connectivity index (χ1v) is 25.5. The number of aliphatic carboxylic acids is 1. The van der Waals surface area contributed by atoms with E-state index in [1.165, 1.54) is 148 Å². The summed E-state index contributed by atoms with van der Waals surface area (Å²) < 4.78 is 22.8. The first kappa shape index (κ1) is 58.8. The Kier molecular flexibility index (Phi) is 42.8. The second-order valence-electron chi connectivity index (χ2n) is 18.5. The maximum Gasteiger partial charge on any atom is 0.361 e. The predicted octanol–water partition coefficient (Wildman–Crippen LogP) is 14.0. The highest BCUT2D eigenvalue weighted by atomic mass is 16.7. The van der Waals surface area contributed by atoms with E-state index >= 15 is 0 Å². The molecule has 2 atom stereocenters. The Labute approximate surface area is 376 Å². The maximum absolute atomic E-state index is 12.8. The van der Waals surface area contributed by atoms with Crippen LogP contribution in [0.5, 0.6) is 0 Å². The Hall–Kier alpha value is -2.23. The molecule has 0 aromatic rings. The van der Waals surface area contributed by atoms with Crippen LogP contribution in [0, 0.1) is 0 Å². The van der Waals surface area contributed by atoms with E-state index in [4.69, 9.17) is 18.9 Å². The third kappa shape index (κ3) is 45.6. The van der Waals surface area contributed by atoms with E-state index in [-0.39, 0.29) is 32.2 Å². The topological polar surface area (TPSA) is 108 Å². The van der Waals surface area contributed by atoms with Crippen molar-refractivity contribution in [1.29, 1.82) is 0 Å². The van der Waals surface area contributed by atoms with Crippen molar-refractivity contribution in [2.75, 3.05) is 47.5 Å². The molecule has 0 fully saturated rings. The van der Waals surface area contributed by atoms with Gasteiger partial charge in [0.2, 0.25) is 0 Å². The number of carboxylic acid groups (broad SMARTS) is 1. The molecule has 0 bridgehead atoms. The van der Waals surface area contributed by atoms with Gasteiger partial charge in [-0.15, -0.1) is 0 Å². The number of hydrogen-bond acceptors (Lipinski definition) is 7. The minimum Gasteiger partial charge on any atom is -0.477 e. The van der Waals surface area contributed by atoms with Crippen molar-refractivity contribution in [3.63, 3.8) is 0 Å². The summed E-state index contributed by atoms with van der Waals surface area (Å²) >= 11 is 0. The molecule has 0 aromatic heterocycles. The van der Waals surface area contributed by atoms with Crippen LogP contribution in [0.2, 0.25) is 0 Å². The van der Waals surface area contributed by atoms with Gasteiger partial charge in [-0.25, -0.2) is 4.79 Å². The van der Waals surface area contributed by atoms with E-state index in [9.17, 15) is 19.5 Å². The largest absolute Gasteiger partial charge is 0.477 e. The van der Waals surface area contributed by atoms with E-state index in [0.717, 1.165) is 57.8 Å². The van der Waals surface area contributed by atoms with Crippen LogP contribution in [0.1, 0.15) is 232 Å². The highest BCUT2D eigenvalue weighted by Gasteiger charge is 2.25. The van der Waals surface area contributed by atoms with Crippen molar-refractivity contribution in [3.05, 3.63) is 24.3 Å². The van der Waals surface area contributed by atoms with Crippen molar-refractivity contribution < 1.29 is 42.9 Å². The molecule has 0 aromatic carbocycles. The minimum atomic E-state index is -1.51. The van der Waals surface area contributed by atoms with Crippen molar-refractivity contribution >= 4 is 17.9 Å². The number of quaternary nitrogens is 1. The van der Waals surface area contributed by atoms with Crippen molar-refractivity contribution in [2.24, 2.45) is 0 Å². The lowest BCUT2D eigenvalue weighted by molar-refractivity contribution is -0.870. The Morgan fingerprint density at radius 3 is 1.23 bits per heavy atom. The monoisotopic (exact) mass is 865 g/mol. The van der Waals surface area contributed by atoms with Crippen LogP contribution in [0.4, 0.5) is 0 Å². The zero-order valence-corrected chi connectivity index (χ0v) is 40.6. The van der Waals surface area contributed by atoms with Crippen molar-refractivity contribution in [3.8, 4) is 0 Å². The third-order valence-electron chi connectivity index (χ3n) is 11.2. The van der Waals surface area contributed by atoms with Gasteiger partial charge >= 0.3 is 17.9 Å². The zero-order chi connectivity index (χ0) is 44.9. The summed E-state index contributed by atoms with van der Waals surface area (Å²) in [6, 6.07) is 0. The van der Waals surface area contributed by atoms with Gasteiger partial charge in [-0.1, -0.05) is 179 Å². The summed E-state index contributed by atoms with van der Waals surface area (Å²) in [5.41, 5.74) is 0. The van der Waals surface area contributed by atoms with E-state index in [2.05, 4.69) is 38.2 Å². The van der Waals surface area contributed by atoms with Crippen LogP contribution in [0.15, 0.2) is 24.3 Å². The average molecular weight is 865 g/mol. The van der Waals surface area contributed by atoms with E-state index in [0.29, 0.717) is 17.4 Å². The molecule has 0 aliphatic heterocycles. The van der Waals surface area contributed by atoms with Gasteiger partial charge in [0.1, 0.15) is 13.2 Å². The summed E-state index contributed by atoms with van der Waals surface area (Å²) in [5.74, 6) is -2.01. The summed E-state index contributed by atoms with van der Waals surface area (Å²) in [6.45, 7) is 4.87. The molecule has 0 heterocycles. The average Bonchev–Trinajstić information content (AvgIpc) is 3.22. The van der Waals surface area contributed by atoms with Crippen LogP contribution in [-0.2, 0) is 33.3 Å². The molecule has 0 aliphatic rings. The minimum absolute atomic E-state index is 0.184. The van der Waals surface area contributed by atoms with E-state index in [1.54, 1.807) is 0 Å². The Bertz CT molecular complexity index is 1050. The van der Waals surface area contributed by atoms with Crippen LogP contribution in [0.3, 0.4) is 0 Å². The van der Waals surface area contributed by atoms with Gasteiger partial charge in [0.15, 0.2) is 6.10 Å². The highest BCUT2D eigenvalue weighted by molar-refractivity contribution is 5.71. The van der Waals surface area contributed by atoms with E-state index in [1.807, 2.05) is 21.1 Å². The summed E-state index contributed by atoms with van der Waals surface area (Å²) in [5, 5.41) is 9.66. The molecule has 0 aliphatic carbocycles. The third-order valence-corrected chi connectivity index (χ3v) is 11.2. The standard InChI is InChI=1S/C52H97NO8/c1-6-8-10-12-14-16-18-20-21-22-23-24-25-26-27-28-29-31-33-35-37-39-41-43-50(55)61-48(47-60-52(51(56)57)58-45-44-53(3,4)5)46-59-49(54)42-40-38-36-34-32-30-19-17-15-13-11-9-7-2/h17,19,22-23,48,52H,6-16,18,20-21,24-47H2,1-5H3/p+1/b19-17-,23-22-. The lowest BCUT2D eigenvalue weighted by Crippen LogP contribution is -2.40. The molecule has 61 heavy (non-hydrogen) atoms. The summed E-state index contributed by atoms with van der Waals surface area (Å²) in [6.07, 6.45) is 46.7. The molecule has 2 unspecified atom stereocenters. The molecule has 0 saturated heterocycles. The van der Waals surface area contributed by atoms with Crippen LogP contribution in [0.25, 0.3) is 0 Å². The van der Waals surface area contributed by atoms with Crippen LogP contribution >= 0.6 is 0 Å². The van der Waals surface area contributed by atoms with Crippen LogP contribution < -0.4 is 0 Å². The molecular weight excluding hydrogens is 767 g/mol. The van der Waals surface area contributed by atoms with Gasteiger partial charge in [-0.3, -0.25) is 9.59 Å². The maximum atomic E-state index is 12.8. The number of rotatable bonds is 47. The van der Waals surface area contributed by atoms with Gasteiger partial charge in [0.25, 0.3) is 6.29 Å². The fourth-order valence-corrected chi connectivity index (χ4v) is 7.18. The second-order valence-corrected chi connectivity index (χ2v) is 18.5. The summed E-state index contributed by atoms with van der Waals surface area (Å²) in [4.78, 5) is 37.2. The molecule has 0 spiro atoms. The van der Waals surface area contributed by atoms with Crippen molar-refractivity contribution in [2.45, 2.75) is 245 Å². The molecular formula is C52H98NO8+. The van der Waals surface area contributed by atoms with Gasteiger partial charge in [0, 0.05) is 12.8 Å². The number of esters is 2. The Balaban J connectivity index is 4.28. The molecule has 0 rings (SSSR count). The predicted molar refractivity (Wildman–Crippen MR) is 254 cm³/mol. The molecule has 0 saturated carbocycles. The number of hydrogen-bond donors (Lipinski definition) is 1. The second kappa shape index (κ2) is 44.4. The fraction of sp³-hybridized carbons (Fsp3) is 0.865. The van der Waals surface area contributed by atoms with Crippen molar-refractivity contribution in [1.82, 2.24) is 0 Å². The number of allylic oxidation sites excluding steroid dienone is 4. The van der Waals surface area contributed by atoms with E-state index < -0.39 is 24.3 Å². The number of carboxylic acids is 1. The summed E-state index contributed by atoms with van der Waals surface area (Å²) in [7, 11) is 5.96. The number of carbonyl (C=O) groups is 3. The number of likely N-dealkylation sites (N-methyl/N-ethyl adjacent to an activating group) is 1. The smallest absolute Gasteiger partial charge is 0.361 e. The SMILES string of the molecule is CCCCCC/C=C\CCCCCCCC(=O)OCC(COC(OCC[N+](C)(C)C)C(=O)O)OC(=O)CCCCCCCCCCCCC/C=C\CCCCCCCCCC. The molecule has 0 amide bonds. The van der Waals surface area contributed by atoms with Gasteiger partial charge < -0.3 is 28.5 Å². The van der Waals surface area contributed by atoms with Crippen LogP contribution in [-0.4, -0.2) is 87.4 Å². The Morgan fingerprint density at radius 1 is 0.475 bits per heavy atom. The fourth-order valence-electron chi connectivity index (χ4n) is 7.18. The first-order chi connectivity index (χ1) is 29.6. The number of nitrogens with zero attached hydrogens (tertiary/aromatic N) is 1. The first-order valence-electron chi connectivity index (χ1n) is 25.5. The number of ether oxygens (including phenoxy) is 4. The van der Waals surface area contributed by atoms with Gasteiger partial charge in [-0.2, -0.15) is 0 Å². The van der Waals surface area contributed by atoms with Gasteiger partial charge in [0.05, 0.1) is 34.4 Å². The molecule has 0 radical (unpaired) electrons. The molecule has 9 nitrogen and oxygen atoms in total. The molecule has 1 N–H and O–H groups in total. The molecule has 358 valence electrons. The molecule has 9 heteroatoms. The number of unbranched alkanes of at least 4 members (excludes halogenated alkanes) is 28. The lowest BCUT2D eigenvalue weighted by Gasteiger charge is -2.25. The normalized spacial score (nSPS) is 13.0. The Morgan fingerprint density at radius 2 is 0.836 bits per heavy atom. The highest BCUT2D eigenvalue weighted by Crippen LogP contribution is 2.15. The lowest BCUT2D eigenvalue weighted by atomic mass is 10.0. The van der Waals surface area contributed by atoms with Gasteiger partial charge in [-0.05, 0) is 64.2 Å². The number of carbonyl (C=O) groups excluding carboxylic acids is 2. The zero-order valence-electron chi connectivity index (χ0n) is 40.6.